The molecule has 0 radical (unpaired) electrons. The Balaban J connectivity index is 1.43. The standard InChI is InChI=1S/C22H27N5O2/c1-15(2)20-25-19(29-26-20)10-7-11-23-22(28)17-14-16-8-3-4-9-18(16)24-21(17)27-12-5-6-13-27/h3-4,8-9,14-15H,5-7,10-13H2,1-2H3,(H,23,28). The number of hydrogen-bond acceptors (Lipinski definition) is 6. The third-order valence-electron chi connectivity index (χ3n) is 5.21. The number of pyridine rings is 1. The number of benzene rings is 1. The van der Waals surface area contributed by atoms with Gasteiger partial charge in [0, 0.05) is 37.4 Å². The van der Waals surface area contributed by atoms with Gasteiger partial charge in [0.05, 0.1) is 11.1 Å². The van der Waals surface area contributed by atoms with E-state index in [1.165, 1.54) is 0 Å². The lowest BCUT2D eigenvalue weighted by Gasteiger charge is -2.20. The van der Waals surface area contributed by atoms with Crippen LogP contribution in [0.3, 0.4) is 0 Å². The topological polar surface area (TPSA) is 84.2 Å². The molecule has 29 heavy (non-hydrogen) atoms. The van der Waals surface area contributed by atoms with E-state index in [-0.39, 0.29) is 11.8 Å². The number of nitrogens with zero attached hydrogens (tertiary/aromatic N) is 4. The van der Waals surface area contributed by atoms with E-state index in [0.29, 0.717) is 24.4 Å². The van der Waals surface area contributed by atoms with E-state index in [1.54, 1.807) is 0 Å². The largest absolute Gasteiger partial charge is 0.356 e. The van der Waals surface area contributed by atoms with Gasteiger partial charge in [-0.3, -0.25) is 4.79 Å². The second-order valence-corrected chi connectivity index (χ2v) is 7.81. The molecule has 7 heteroatoms. The Bertz CT molecular complexity index is 992. The third kappa shape index (κ3) is 4.39. The van der Waals surface area contributed by atoms with E-state index in [2.05, 4.69) is 20.4 Å². The summed E-state index contributed by atoms with van der Waals surface area (Å²) in [6, 6.07) is 9.89. The van der Waals surface area contributed by atoms with Gasteiger partial charge in [-0.25, -0.2) is 4.98 Å². The molecule has 1 fully saturated rings. The van der Waals surface area contributed by atoms with Gasteiger partial charge in [-0.15, -0.1) is 0 Å². The average molecular weight is 393 g/mol. The van der Waals surface area contributed by atoms with Gasteiger partial charge < -0.3 is 14.7 Å². The van der Waals surface area contributed by atoms with Crippen molar-refractivity contribution in [3.05, 3.63) is 47.6 Å². The summed E-state index contributed by atoms with van der Waals surface area (Å²) in [7, 11) is 0. The SMILES string of the molecule is CC(C)c1noc(CCCNC(=O)c2cc3ccccc3nc2N2CCCC2)n1. The van der Waals surface area contributed by atoms with Gasteiger partial charge in [0.2, 0.25) is 5.89 Å². The quantitative estimate of drug-likeness (QED) is 0.616. The number of anilines is 1. The maximum atomic E-state index is 12.9. The fourth-order valence-electron chi connectivity index (χ4n) is 3.58. The minimum Gasteiger partial charge on any atom is -0.356 e. The molecule has 0 spiro atoms. The van der Waals surface area contributed by atoms with Crippen LogP contribution in [-0.2, 0) is 6.42 Å². The van der Waals surface area contributed by atoms with E-state index in [0.717, 1.165) is 54.9 Å². The van der Waals surface area contributed by atoms with Crippen LogP contribution < -0.4 is 10.2 Å². The zero-order chi connectivity index (χ0) is 20.2. The van der Waals surface area contributed by atoms with Crippen molar-refractivity contribution in [2.45, 2.75) is 45.4 Å². The lowest BCUT2D eigenvalue weighted by molar-refractivity contribution is 0.0953. The van der Waals surface area contributed by atoms with E-state index < -0.39 is 0 Å². The van der Waals surface area contributed by atoms with Gasteiger partial charge in [-0.05, 0) is 31.4 Å². The number of nitrogens with one attached hydrogen (secondary N) is 1. The van der Waals surface area contributed by atoms with E-state index >= 15 is 0 Å². The van der Waals surface area contributed by atoms with Gasteiger partial charge >= 0.3 is 0 Å². The van der Waals surface area contributed by atoms with Crippen LogP contribution in [0.5, 0.6) is 0 Å². The highest BCUT2D eigenvalue weighted by atomic mass is 16.5. The average Bonchev–Trinajstić information content (AvgIpc) is 3.42. The minimum atomic E-state index is -0.0847. The second-order valence-electron chi connectivity index (χ2n) is 7.81. The molecule has 3 heterocycles. The van der Waals surface area contributed by atoms with Crippen LogP contribution in [0.25, 0.3) is 10.9 Å². The van der Waals surface area contributed by atoms with Crippen molar-refractivity contribution in [2.75, 3.05) is 24.5 Å². The number of aromatic nitrogens is 3. The van der Waals surface area contributed by atoms with Crippen molar-refractivity contribution < 1.29 is 9.32 Å². The fourth-order valence-corrected chi connectivity index (χ4v) is 3.58. The maximum absolute atomic E-state index is 12.9. The van der Waals surface area contributed by atoms with Gasteiger partial charge in [0.1, 0.15) is 5.82 Å². The fraction of sp³-hybridized carbons (Fsp3) is 0.455. The van der Waals surface area contributed by atoms with Gasteiger partial charge in [-0.1, -0.05) is 37.2 Å². The first-order valence-electron chi connectivity index (χ1n) is 10.4. The molecule has 1 aliphatic heterocycles. The second kappa shape index (κ2) is 8.59. The number of amides is 1. The smallest absolute Gasteiger partial charge is 0.255 e. The van der Waals surface area contributed by atoms with Crippen molar-refractivity contribution in [1.82, 2.24) is 20.4 Å². The summed E-state index contributed by atoms with van der Waals surface area (Å²) >= 11 is 0. The molecule has 1 amide bonds. The zero-order valence-electron chi connectivity index (χ0n) is 17.0. The Labute approximate surface area is 170 Å². The lowest BCUT2D eigenvalue weighted by Crippen LogP contribution is -2.29. The molecule has 2 aromatic heterocycles. The van der Waals surface area contributed by atoms with Crippen LogP contribution in [0.4, 0.5) is 5.82 Å². The van der Waals surface area contributed by atoms with Crippen LogP contribution >= 0.6 is 0 Å². The van der Waals surface area contributed by atoms with E-state index in [9.17, 15) is 4.79 Å². The molecule has 3 aromatic rings. The summed E-state index contributed by atoms with van der Waals surface area (Å²) in [6.07, 6.45) is 3.66. The van der Waals surface area contributed by atoms with Crippen LogP contribution in [0.2, 0.25) is 0 Å². The number of para-hydroxylation sites is 1. The van der Waals surface area contributed by atoms with Gasteiger partial charge in [-0.2, -0.15) is 4.98 Å². The Kier molecular flexibility index (Phi) is 5.74. The lowest BCUT2D eigenvalue weighted by atomic mass is 10.1. The molecule has 152 valence electrons. The highest BCUT2D eigenvalue weighted by Crippen LogP contribution is 2.26. The zero-order valence-corrected chi connectivity index (χ0v) is 17.0. The van der Waals surface area contributed by atoms with Crippen LogP contribution in [0.1, 0.15) is 61.1 Å². The number of hydrogen-bond donors (Lipinski definition) is 1. The van der Waals surface area contributed by atoms with Crippen LogP contribution in [0.15, 0.2) is 34.9 Å². The predicted octanol–water partition coefficient (Wildman–Crippen LogP) is 3.70. The molecular formula is C22H27N5O2. The van der Waals surface area contributed by atoms with Crippen LogP contribution in [0, 0.1) is 0 Å². The predicted molar refractivity (Wildman–Crippen MR) is 112 cm³/mol. The number of aryl methyl sites for hydroxylation is 1. The van der Waals surface area contributed by atoms with Crippen LogP contribution in [-0.4, -0.2) is 40.7 Å². The number of rotatable bonds is 7. The molecule has 7 nitrogen and oxygen atoms in total. The number of fused-ring (bicyclic) bond motifs is 1. The number of carbonyl (C=O) groups is 1. The Hall–Kier alpha value is -2.96. The molecule has 1 aromatic carbocycles. The Morgan fingerprint density at radius 1 is 1.21 bits per heavy atom. The first-order chi connectivity index (χ1) is 14.1. The van der Waals surface area contributed by atoms with E-state index in [1.807, 2.05) is 44.2 Å². The minimum absolute atomic E-state index is 0.0847. The summed E-state index contributed by atoms with van der Waals surface area (Å²) in [6.45, 7) is 6.50. The van der Waals surface area contributed by atoms with Crippen molar-refractivity contribution in [1.29, 1.82) is 0 Å². The third-order valence-corrected chi connectivity index (χ3v) is 5.21. The van der Waals surface area contributed by atoms with Gasteiger partial charge in [0.15, 0.2) is 5.82 Å². The summed E-state index contributed by atoms with van der Waals surface area (Å²) in [5.41, 5.74) is 1.56. The molecule has 0 unspecified atom stereocenters. The molecule has 0 aliphatic carbocycles. The molecule has 0 saturated carbocycles. The normalized spacial score (nSPS) is 14.1. The maximum Gasteiger partial charge on any atom is 0.255 e. The molecule has 0 bridgehead atoms. The van der Waals surface area contributed by atoms with Crippen molar-refractivity contribution in [2.24, 2.45) is 0 Å². The molecular weight excluding hydrogens is 366 g/mol. The van der Waals surface area contributed by atoms with Crippen molar-refractivity contribution in [3.8, 4) is 0 Å². The first-order valence-corrected chi connectivity index (χ1v) is 10.4. The van der Waals surface area contributed by atoms with Crippen molar-refractivity contribution in [3.63, 3.8) is 0 Å². The molecule has 1 N–H and O–H groups in total. The monoisotopic (exact) mass is 393 g/mol. The van der Waals surface area contributed by atoms with Gasteiger partial charge in [0.25, 0.3) is 5.91 Å². The number of carbonyl (C=O) groups excluding carboxylic acids is 1. The Morgan fingerprint density at radius 3 is 2.76 bits per heavy atom. The highest BCUT2D eigenvalue weighted by Gasteiger charge is 2.22. The van der Waals surface area contributed by atoms with Crippen molar-refractivity contribution >= 4 is 22.6 Å². The molecule has 1 saturated heterocycles. The first kappa shape index (κ1) is 19.4. The summed E-state index contributed by atoms with van der Waals surface area (Å²) < 4.78 is 5.26. The van der Waals surface area contributed by atoms with E-state index in [4.69, 9.17) is 9.51 Å². The Morgan fingerprint density at radius 2 is 2.00 bits per heavy atom. The summed E-state index contributed by atoms with van der Waals surface area (Å²) in [5, 5.41) is 7.99. The highest BCUT2D eigenvalue weighted by molar-refractivity contribution is 6.02. The summed E-state index contributed by atoms with van der Waals surface area (Å²) in [5.74, 6) is 2.29. The molecule has 1 aliphatic rings. The summed E-state index contributed by atoms with van der Waals surface area (Å²) in [4.78, 5) is 24.3. The molecule has 4 rings (SSSR count). The molecule has 0 atom stereocenters.